The summed E-state index contributed by atoms with van der Waals surface area (Å²) in [5.41, 5.74) is 0.691. The molecule has 0 saturated carbocycles. The molecule has 0 fully saturated rings. The molecule has 1 N–H and O–H groups in total. The van der Waals surface area contributed by atoms with Gasteiger partial charge in [-0.15, -0.1) is 21.8 Å². The predicted octanol–water partition coefficient (Wildman–Crippen LogP) is 3.27. The van der Waals surface area contributed by atoms with Crippen LogP contribution >= 0.6 is 22.9 Å². The van der Waals surface area contributed by atoms with Crippen molar-refractivity contribution in [1.29, 1.82) is 0 Å². The first-order valence-corrected chi connectivity index (χ1v) is 8.05. The molecule has 120 valence electrons. The van der Waals surface area contributed by atoms with Crippen molar-refractivity contribution in [3.63, 3.8) is 0 Å². The third-order valence-corrected chi connectivity index (χ3v) is 3.92. The number of hydrogen-bond acceptors (Lipinski definition) is 6. The van der Waals surface area contributed by atoms with E-state index < -0.39 is 4.92 Å². The minimum absolute atomic E-state index is 0.00457. The van der Waals surface area contributed by atoms with Crippen LogP contribution in [0.1, 0.15) is 17.0 Å². The van der Waals surface area contributed by atoms with Crippen LogP contribution < -0.4 is 5.32 Å². The van der Waals surface area contributed by atoms with E-state index in [2.05, 4.69) is 15.5 Å². The lowest BCUT2D eigenvalue weighted by Crippen LogP contribution is -2.07. The van der Waals surface area contributed by atoms with E-state index in [-0.39, 0.29) is 11.6 Å². The largest absolute Gasteiger partial charge is 0.297 e. The van der Waals surface area contributed by atoms with E-state index in [1.807, 2.05) is 0 Å². The fraction of sp³-hybridized carbons (Fsp3) is 0.214. The Balaban J connectivity index is 1.90. The highest BCUT2D eigenvalue weighted by atomic mass is 35.5. The van der Waals surface area contributed by atoms with Crippen LogP contribution in [0.3, 0.4) is 0 Å². The summed E-state index contributed by atoms with van der Waals surface area (Å²) in [7, 11) is 0. The summed E-state index contributed by atoms with van der Waals surface area (Å²) >= 11 is 6.92. The molecule has 1 aromatic heterocycles. The van der Waals surface area contributed by atoms with Crippen LogP contribution in [-0.4, -0.2) is 26.9 Å². The molecule has 0 bridgehead atoms. The Hall–Kier alpha value is -2.32. The van der Waals surface area contributed by atoms with Gasteiger partial charge < -0.3 is 0 Å². The van der Waals surface area contributed by atoms with Crippen molar-refractivity contribution >= 4 is 45.7 Å². The number of alkyl halides is 1. The van der Waals surface area contributed by atoms with Crippen LogP contribution in [0.5, 0.6) is 0 Å². The molecule has 7 nitrogen and oxygen atoms in total. The topological polar surface area (TPSA) is 98.0 Å². The summed E-state index contributed by atoms with van der Waals surface area (Å²) in [5, 5.41) is 22.3. The first-order valence-electron chi connectivity index (χ1n) is 6.70. The van der Waals surface area contributed by atoms with Crippen molar-refractivity contribution in [2.75, 3.05) is 11.2 Å². The monoisotopic (exact) mass is 352 g/mol. The summed E-state index contributed by atoms with van der Waals surface area (Å²) in [4.78, 5) is 21.9. The first kappa shape index (κ1) is 17.0. The normalized spacial score (nSPS) is 10.8. The van der Waals surface area contributed by atoms with E-state index in [1.54, 1.807) is 18.2 Å². The zero-order chi connectivity index (χ0) is 16.7. The minimum Gasteiger partial charge on any atom is -0.297 e. The summed E-state index contributed by atoms with van der Waals surface area (Å²) < 4.78 is 0. The van der Waals surface area contributed by atoms with Gasteiger partial charge in [0.25, 0.3) is 5.69 Å². The van der Waals surface area contributed by atoms with Crippen LogP contribution in [0.15, 0.2) is 30.3 Å². The van der Waals surface area contributed by atoms with Crippen molar-refractivity contribution in [1.82, 2.24) is 10.2 Å². The van der Waals surface area contributed by atoms with Crippen LogP contribution in [0.2, 0.25) is 0 Å². The third kappa shape index (κ3) is 5.42. The smallest absolute Gasteiger partial charge is 0.269 e. The molecule has 0 saturated heterocycles. The molecule has 0 radical (unpaired) electrons. The number of nitrogens with one attached hydrogen (secondary N) is 1. The molecule has 1 aromatic carbocycles. The van der Waals surface area contributed by atoms with Gasteiger partial charge in [-0.2, -0.15) is 0 Å². The van der Waals surface area contributed by atoms with Gasteiger partial charge in [-0.3, -0.25) is 20.2 Å². The zero-order valence-corrected chi connectivity index (χ0v) is 13.5. The summed E-state index contributed by atoms with van der Waals surface area (Å²) in [6.45, 7) is 0. The van der Waals surface area contributed by atoms with E-state index >= 15 is 0 Å². The number of non-ortho nitro benzene ring substituents is 1. The van der Waals surface area contributed by atoms with E-state index in [9.17, 15) is 14.9 Å². The second kappa shape index (κ2) is 8.35. The number of hydrogen-bond donors (Lipinski definition) is 1. The average Bonchev–Trinajstić information content (AvgIpc) is 2.98. The number of nitro benzene ring substituents is 1. The molecule has 0 aliphatic carbocycles. The predicted molar refractivity (Wildman–Crippen MR) is 89.7 cm³/mol. The lowest BCUT2D eigenvalue weighted by Gasteiger charge is -1.96. The van der Waals surface area contributed by atoms with Crippen molar-refractivity contribution in [3.05, 3.63) is 51.0 Å². The van der Waals surface area contributed by atoms with Gasteiger partial charge in [0, 0.05) is 30.5 Å². The minimum atomic E-state index is -0.475. The lowest BCUT2D eigenvalue weighted by atomic mass is 10.2. The van der Waals surface area contributed by atoms with Crippen LogP contribution in [-0.2, 0) is 11.2 Å². The van der Waals surface area contributed by atoms with Gasteiger partial charge in [-0.05, 0) is 30.2 Å². The van der Waals surface area contributed by atoms with Crippen molar-refractivity contribution in [3.8, 4) is 0 Å². The average molecular weight is 353 g/mol. The molecular weight excluding hydrogens is 340 g/mol. The molecule has 0 aliphatic heterocycles. The SMILES string of the molecule is O=C(/C=C/c1ccc([N+](=O)[O-])cc1)Nc1nnc(CCCCl)s1. The highest BCUT2D eigenvalue weighted by molar-refractivity contribution is 7.15. The van der Waals surface area contributed by atoms with Crippen LogP contribution in [0.25, 0.3) is 6.08 Å². The molecule has 9 heteroatoms. The van der Waals surface area contributed by atoms with Crippen molar-refractivity contribution in [2.24, 2.45) is 0 Å². The number of aryl methyl sites for hydroxylation is 1. The molecule has 0 aliphatic rings. The number of amides is 1. The Labute approximate surface area is 141 Å². The number of carbonyl (C=O) groups is 1. The quantitative estimate of drug-likeness (QED) is 0.357. The van der Waals surface area contributed by atoms with Gasteiger partial charge in [0.2, 0.25) is 11.0 Å². The van der Waals surface area contributed by atoms with Gasteiger partial charge in [0.15, 0.2) is 0 Å². The number of nitrogens with zero attached hydrogens (tertiary/aromatic N) is 3. The molecule has 0 spiro atoms. The maximum absolute atomic E-state index is 11.8. The van der Waals surface area contributed by atoms with E-state index in [4.69, 9.17) is 11.6 Å². The fourth-order valence-electron chi connectivity index (χ4n) is 1.65. The van der Waals surface area contributed by atoms with Gasteiger partial charge in [0.05, 0.1) is 4.92 Å². The molecule has 1 amide bonds. The molecule has 2 rings (SSSR count). The van der Waals surface area contributed by atoms with Crippen LogP contribution in [0.4, 0.5) is 10.8 Å². The number of carbonyl (C=O) groups excluding carboxylic acids is 1. The third-order valence-electron chi connectivity index (χ3n) is 2.75. The Kier molecular flexibility index (Phi) is 6.19. The van der Waals surface area contributed by atoms with E-state index in [0.29, 0.717) is 16.6 Å². The maximum atomic E-state index is 11.8. The molecular formula is C14H13ClN4O3S. The Morgan fingerprint density at radius 1 is 1.35 bits per heavy atom. The van der Waals surface area contributed by atoms with Gasteiger partial charge in [-0.1, -0.05) is 11.3 Å². The molecule has 0 unspecified atom stereocenters. The molecule has 1 heterocycles. The lowest BCUT2D eigenvalue weighted by molar-refractivity contribution is -0.384. The van der Waals surface area contributed by atoms with Gasteiger partial charge >= 0.3 is 0 Å². The Morgan fingerprint density at radius 3 is 2.74 bits per heavy atom. The molecule has 2 aromatic rings. The summed E-state index contributed by atoms with van der Waals surface area (Å²) in [6, 6.07) is 5.89. The molecule has 0 atom stereocenters. The second-order valence-electron chi connectivity index (χ2n) is 4.46. The number of halogens is 1. The van der Waals surface area contributed by atoms with E-state index in [0.717, 1.165) is 17.8 Å². The second-order valence-corrected chi connectivity index (χ2v) is 5.90. The zero-order valence-electron chi connectivity index (χ0n) is 11.9. The highest BCUT2D eigenvalue weighted by Crippen LogP contribution is 2.17. The van der Waals surface area contributed by atoms with Crippen LogP contribution in [0, 0.1) is 10.1 Å². The Morgan fingerprint density at radius 2 is 2.09 bits per heavy atom. The number of nitro groups is 1. The highest BCUT2D eigenvalue weighted by Gasteiger charge is 2.06. The standard InChI is InChI=1S/C14H13ClN4O3S/c15-9-1-2-13-17-18-14(23-13)16-12(20)8-5-10-3-6-11(7-4-10)19(21)22/h3-8H,1-2,9H2,(H,16,18,20)/b8-5+. The van der Waals surface area contributed by atoms with Gasteiger partial charge in [-0.25, -0.2) is 0 Å². The maximum Gasteiger partial charge on any atom is 0.269 e. The Bertz CT molecular complexity index is 715. The number of anilines is 1. The fourth-order valence-corrected chi connectivity index (χ4v) is 2.57. The van der Waals surface area contributed by atoms with Gasteiger partial charge in [0.1, 0.15) is 5.01 Å². The molecule has 23 heavy (non-hydrogen) atoms. The summed E-state index contributed by atoms with van der Waals surface area (Å²) in [6.07, 6.45) is 4.44. The number of aromatic nitrogens is 2. The van der Waals surface area contributed by atoms with Crippen molar-refractivity contribution in [2.45, 2.75) is 12.8 Å². The summed E-state index contributed by atoms with van der Waals surface area (Å²) in [5.74, 6) is 0.211. The number of benzene rings is 1. The van der Waals surface area contributed by atoms with Crippen molar-refractivity contribution < 1.29 is 9.72 Å². The number of rotatable bonds is 7. The first-order chi connectivity index (χ1) is 11.1. The van der Waals surface area contributed by atoms with E-state index in [1.165, 1.54) is 29.5 Å².